The minimum atomic E-state index is -0.198. The monoisotopic (exact) mass is 514 g/mol. The van der Waals surface area contributed by atoms with Crippen molar-refractivity contribution >= 4 is 41.3 Å². The Morgan fingerprint density at radius 2 is 1.60 bits per heavy atom. The first-order valence-corrected chi connectivity index (χ1v) is 11.1. The van der Waals surface area contributed by atoms with Crippen LogP contribution in [0.5, 0.6) is 5.75 Å². The van der Waals surface area contributed by atoms with Crippen molar-refractivity contribution in [3.05, 3.63) is 77.1 Å². The molecule has 7 nitrogen and oxygen atoms in total. The first kappa shape index (κ1) is 26.5. The van der Waals surface area contributed by atoms with Crippen molar-refractivity contribution in [2.45, 2.75) is 0 Å². The molecule has 3 aromatic carbocycles. The molecule has 3 N–H and O–H groups in total. The molecule has 0 amide bonds. The molecule has 0 unspecified atom stereocenters. The summed E-state index contributed by atoms with van der Waals surface area (Å²) in [5, 5.41) is 2.12. The third kappa shape index (κ3) is 6.52. The molecule has 35 heavy (non-hydrogen) atoms. The summed E-state index contributed by atoms with van der Waals surface area (Å²) >= 11 is 0. The zero-order chi connectivity index (χ0) is 22.6. The van der Waals surface area contributed by atoms with Gasteiger partial charge in [-0.25, -0.2) is 4.98 Å². The van der Waals surface area contributed by atoms with Crippen molar-refractivity contribution in [1.82, 2.24) is 14.9 Å². The van der Waals surface area contributed by atoms with Crippen LogP contribution in [0.4, 0.5) is 5.69 Å². The molecular formula is C26H28Cl2N4O3. The van der Waals surface area contributed by atoms with Crippen LogP contribution in [0.1, 0.15) is 0 Å². The fourth-order valence-corrected chi connectivity index (χ4v) is 3.97. The van der Waals surface area contributed by atoms with Gasteiger partial charge in [-0.2, -0.15) is 0 Å². The van der Waals surface area contributed by atoms with E-state index in [1.807, 2.05) is 48.5 Å². The number of halogens is 2. The molecule has 0 bridgehead atoms. The molecule has 4 aromatic rings. The van der Waals surface area contributed by atoms with Crippen molar-refractivity contribution < 1.29 is 9.47 Å². The first-order chi connectivity index (χ1) is 16.1. The number of anilines is 1. The van der Waals surface area contributed by atoms with Crippen LogP contribution in [-0.4, -0.2) is 54.3 Å². The lowest BCUT2D eigenvalue weighted by Crippen LogP contribution is -2.38. The summed E-state index contributed by atoms with van der Waals surface area (Å²) in [5.74, 6) is 1.38. The highest BCUT2D eigenvalue weighted by atomic mass is 35.5. The summed E-state index contributed by atoms with van der Waals surface area (Å²) < 4.78 is 11.4. The highest BCUT2D eigenvalue weighted by Crippen LogP contribution is 2.26. The van der Waals surface area contributed by atoms with Crippen LogP contribution in [0.3, 0.4) is 0 Å². The number of rotatable bonds is 6. The van der Waals surface area contributed by atoms with E-state index in [1.54, 1.807) is 12.1 Å². The summed E-state index contributed by atoms with van der Waals surface area (Å²) in [6.07, 6.45) is 0. The van der Waals surface area contributed by atoms with E-state index < -0.39 is 0 Å². The number of H-pyrrole nitrogens is 1. The van der Waals surface area contributed by atoms with E-state index in [0.717, 1.165) is 60.5 Å². The van der Waals surface area contributed by atoms with Gasteiger partial charge in [0.2, 0.25) is 0 Å². The predicted octanol–water partition coefficient (Wildman–Crippen LogP) is 4.39. The number of hydrogen-bond donors (Lipinski definition) is 2. The number of ether oxygens (including phenoxy) is 2. The lowest BCUT2D eigenvalue weighted by atomic mass is 10.1. The van der Waals surface area contributed by atoms with Crippen LogP contribution >= 0.6 is 24.8 Å². The number of nitrogens with two attached hydrogens (primary N) is 1. The number of fused-ring (bicyclic) bond motifs is 1. The molecule has 1 saturated heterocycles. The van der Waals surface area contributed by atoms with Crippen molar-refractivity contribution in [3.63, 3.8) is 0 Å². The topological polar surface area (TPSA) is 93.5 Å². The number of aromatic amines is 1. The zero-order valence-electron chi connectivity index (χ0n) is 19.1. The van der Waals surface area contributed by atoms with E-state index in [9.17, 15) is 4.79 Å². The third-order valence-corrected chi connectivity index (χ3v) is 5.81. The van der Waals surface area contributed by atoms with Crippen LogP contribution < -0.4 is 16.0 Å². The van der Waals surface area contributed by atoms with Gasteiger partial charge in [0.1, 0.15) is 18.2 Å². The second kappa shape index (κ2) is 12.0. The predicted molar refractivity (Wildman–Crippen MR) is 145 cm³/mol. The number of nitrogens with zero attached hydrogens (tertiary/aromatic N) is 2. The Labute approximate surface area is 216 Å². The highest BCUT2D eigenvalue weighted by molar-refractivity contribution is 5.87. The second-order valence-electron chi connectivity index (χ2n) is 8.13. The Morgan fingerprint density at radius 1 is 0.914 bits per heavy atom. The molecule has 9 heteroatoms. The molecule has 0 radical (unpaired) electrons. The summed E-state index contributed by atoms with van der Waals surface area (Å²) in [6, 6.07) is 20.9. The van der Waals surface area contributed by atoms with Crippen molar-refractivity contribution in [3.8, 4) is 28.4 Å². The van der Waals surface area contributed by atoms with Gasteiger partial charge in [-0.3, -0.25) is 9.69 Å². The van der Waals surface area contributed by atoms with Gasteiger partial charge in [-0.15, -0.1) is 24.8 Å². The molecular weight excluding hydrogens is 487 g/mol. The van der Waals surface area contributed by atoms with E-state index >= 15 is 0 Å². The maximum Gasteiger partial charge on any atom is 0.251 e. The van der Waals surface area contributed by atoms with Crippen molar-refractivity contribution in [1.29, 1.82) is 0 Å². The summed E-state index contributed by atoms with van der Waals surface area (Å²) in [6.45, 7) is 5.04. The van der Waals surface area contributed by atoms with Gasteiger partial charge in [0.15, 0.2) is 0 Å². The van der Waals surface area contributed by atoms with Gasteiger partial charge in [-0.05, 0) is 41.1 Å². The van der Waals surface area contributed by atoms with Gasteiger partial charge in [0, 0.05) is 42.5 Å². The average molecular weight is 515 g/mol. The lowest BCUT2D eigenvalue weighted by Gasteiger charge is -2.26. The standard InChI is InChI=1S/C26H26N4O3.2ClH/c27-22-6-3-18(4-7-22)24-17-25(31)29-26(28-24)21-2-1-20-16-23(8-5-19(20)15-21)33-14-11-30-9-12-32-13-10-30;;/h1-8,15-17H,9-14,27H2,(H,28,29,31);2*1H. The van der Waals surface area contributed by atoms with E-state index in [4.69, 9.17) is 15.2 Å². The van der Waals surface area contributed by atoms with Gasteiger partial charge in [-0.1, -0.05) is 30.3 Å². The van der Waals surface area contributed by atoms with Gasteiger partial charge >= 0.3 is 0 Å². The fraction of sp³-hybridized carbons (Fsp3) is 0.231. The van der Waals surface area contributed by atoms with Crippen molar-refractivity contribution in [2.75, 3.05) is 45.2 Å². The number of nitrogen functional groups attached to an aromatic ring is 1. The largest absolute Gasteiger partial charge is 0.492 e. The molecule has 0 atom stereocenters. The minimum Gasteiger partial charge on any atom is -0.492 e. The molecule has 0 saturated carbocycles. The molecule has 184 valence electrons. The maximum atomic E-state index is 12.3. The van der Waals surface area contributed by atoms with Crippen LogP contribution in [-0.2, 0) is 4.74 Å². The molecule has 0 aliphatic carbocycles. The van der Waals surface area contributed by atoms with E-state index in [2.05, 4.69) is 14.9 Å². The highest BCUT2D eigenvalue weighted by Gasteiger charge is 2.10. The summed E-state index contributed by atoms with van der Waals surface area (Å²) in [5.41, 5.74) is 8.55. The quantitative estimate of drug-likeness (QED) is 0.370. The van der Waals surface area contributed by atoms with Crippen LogP contribution in [0.2, 0.25) is 0 Å². The number of morpholine rings is 1. The van der Waals surface area contributed by atoms with E-state index in [1.165, 1.54) is 6.07 Å². The summed E-state index contributed by atoms with van der Waals surface area (Å²) in [7, 11) is 0. The number of nitrogens with one attached hydrogen (secondary N) is 1. The first-order valence-electron chi connectivity index (χ1n) is 11.1. The molecule has 2 heterocycles. The number of aromatic nitrogens is 2. The fourth-order valence-electron chi connectivity index (χ4n) is 3.97. The zero-order valence-corrected chi connectivity index (χ0v) is 20.7. The SMILES string of the molecule is Cl.Cl.Nc1ccc(-c2cc(=O)[nH]c(-c3ccc4cc(OCCN5CCOCC5)ccc4c3)n2)cc1. The molecule has 0 spiro atoms. The number of hydrogen-bond acceptors (Lipinski definition) is 6. The van der Waals surface area contributed by atoms with Crippen LogP contribution in [0, 0.1) is 0 Å². The number of benzene rings is 3. The molecule has 1 aliphatic heterocycles. The van der Waals surface area contributed by atoms with Gasteiger partial charge in [0.05, 0.1) is 18.9 Å². The Bertz CT molecular complexity index is 1320. The van der Waals surface area contributed by atoms with E-state index in [0.29, 0.717) is 23.8 Å². The average Bonchev–Trinajstić information content (AvgIpc) is 2.84. The smallest absolute Gasteiger partial charge is 0.251 e. The van der Waals surface area contributed by atoms with Crippen molar-refractivity contribution in [2.24, 2.45) is 0 Å². The van der Waals surface area contributed by atoms with Crippen LogP contribution in [0.15, 0.2) is 71.5 Å². The Kier molecular flexibility index (Phi) is 9.12. The Morgan fingerprint density at radius 3 is 2.37 bits per heavy atom. The maximum absolute atomic E-state index is 12.3. The molecule has 5 rings (SSSR count). The van der Waals surface area contributed by atoms with Gasteiger partial charge < -0.3 is 20.2 Å². The molecule has 1 aromatic heterocycles. The second-order valence-corrected chi connectivity index (χ2v) is 8.13. The normalized spacial score (nSPS) is 13.6. The van der Waals surface area contributed by atoms with Crippen LogP contribution in [0.25, 0.3) is 33.4 Å². The lowest BCUT2D eigenvalue weighted by molar-refractivity contribution is 0.0322. The van der Waals surface area contributed by atoms with Gasteiger partial charge in [0.25, 0.3) is 5.56 Å². The molecule has 1 aliphatic rings. The Balaban J connectivity index is 0.00000171. The minimum absolute atomic E-state index is 0. The van der Waals surface area contributed by atoms with E-state index in [-0.39, 0.29) is 30.4 Å². The molecule has 1 fully saturated rings. The summed E-state index contributed by atoms with van der Waals surface area (Å²) in [4.78, 5) is 22.2. The third-order valence-electron chi connectivity index (χ3n) is 5.81. The Hall–Kier alpha value is -3.10.